The Bertz CT molecular complexity index is 763. The number of halogens is 2. The van der Waals surface area contributed by atoms with Gasteiger partial charge >= 0.3 is 12.6 Å². The van der Waals surface area contributed by atoms with Crippen molar-refractivity contribution in [2.75, 3.05) is 11.9 Å². The van der Waals surface area contributed by atoms with Crippen molar-refractivity contribution in [3.05, 3.63) is 54.1 Å². The fourth-order valence-corrected chi connectivity index (χ4v) is 2.10. The molecule has 0 aliphatic heterocycles. The average Bonchev–Trinajstić information content (AvgIpc) is 2.63. The number of ether oxygens (including phenoxy) is 3. The highest BCUT2D eigenvalue weighted by Crippen LogP contribution is 2.17. The molecule has 0 bridgehead atoms. The number of hydrogen-bond donors (Lipinski definition) is 1. The topological polar surface area (TPSA) is 73.9 Å². The highest BCUT2D eigenvalue weighted by molar-refractivity contribution is 5.97. The van der Waals surface area contributed by atoms with Gasteiger partial charge in [-0.25, -0.2) is 4.79 Å². The fourth-order valence-electron chi connectivity index (χ4n) is 2.10. The normalized spacial score (nSPS) is 11.6. The summed E-state index contributed by atoms with van der Waals surface area (Å²) in [7, 11) is 0. The van der Waals surface area contributed by atoms with Gasteiger partial charge in [0.25, 0.3) is 5.91 Å². The van der Waals surface area contributed by atoms with Crippen LogP contribution in [0.2, 0.25) is 0 Å². The number of alkyl halides is 2. The first-order valence-electron chi connectivity index (χ1n) is 8.18. The molecule has 0 unspecified atom stereocenters. The van der Waals surface area contributed by atoms with Gasteiger partial charge < -0.3 is 19.5 Å². The zero-order valence-corrected chi connectivity index (χ0v) is 14.8. The van der Waals surface area contributed by atoms with E-state index in [9.17, 15) is 18.4 Å². The Morgan fingerprint density at radius 2 is 1.59 bits per heavy atom. The summed E-state index contributed by atoms with van der Waals surface area (Å²) in [6, 6.07) is 11.7. The number of amides is 1. The van der Waals surface area contributed by atoms with Gasteiger partial charge in [-0.1, -0.05) is 0 Å². The molecule has 144 valence electrons. The molecule has 2 aromatic rings. The molecule has 0 heterocycles. The molecule has 0 spiro atoms. The van der Waals surface area contributed by atoms with Crippen LogP contribution in [0, 0.1) is 0 Å². The molecule has 0 saturated carbocycles. The van der Waals surface area contributed by atoms with Gasteiger partial charge in [-0.15, -0.1) is 0 Å². The molecular formula is C19H19F2NO5. The number of esters is 1. The molecule has 1 atom stereocenters. The van der Waals surface area contributed by atoms with Crippen LogP contribution >= 0.6 is 0 Å². The molecule has 0 saturated heterocycles. The molecule has 0 aliphatic rings. The molecular weight excluding hydrogens is 360 g/mol. The summed E-state index contributed by atoms with van der Waals surface area (Å²) in [4.78, 5) is 24.2. The van der Waals surface area contributed by atoms with Gasteiger partial charge in [0.2, 0.25) is 0 Å². The van der Waals surface area contributed by atoms with Crippen molar-refractivity contribution < 1.29 is 32.6 Å². The fraction of sp³-hybridized carbons (Fsp3) is 0.263. The Balaban J connectivity index is 1.90. The Morgan fingerprint density at radius 1 is 1.00 bits per heavy atom. The van der Waals surface area contributed by atoms with E-state index in [1.54, 1.807) is 24.3 Å². The summed E-state index contributed by atoms with van der Waals surface area (Å²) in [5.41, 5.74) is 0.636. The van der Waals surface area contributed by atoms with E-state index in [0.29, 0.717) is 18.0 Å². The zero-order chi connectivity index (χ0) is 19.8. The molecule has 27 heavy (non-hydrogen) atoms. The van der Waals surface area contributed by atoms with Gasteiger partial charge in [-0.05, 0) is 62.4 Å². The number of rotatable bonds is 8. The van der Waals surface area contributed by atoms with Crippen LogP contribution in [0.5, 0.6) is 11.5 Å². The second-order valence-corrected chi connectivity index (χ2v) is 5.40. The van der Waals surface area contributed by atoms with Crippen LogP contribution in [-0.2, 0) is 9.53 Å². The second-order valence-electron chi connectivity index (χ2n) is 5.40. The molecule has 1 amide bonds. The number of carbonyl (C=O) groups excluding carboxylic acids is 2. The van der Waals surface area contributed by atoms with E-state index >= 15 is 0 Å². The van der Waals surface area contributed by atoms with Crippen LogP contribution in [0.15, 0.2) is 48.5 Å². The number of anilines is 1. The third-order valence-electron chi connectivity index (χ3n) is 3.40. The number of hydrogen-bond acceptors (Lipinski definition) is 5. The van der Waals surface area contributed by atoms with Gasteiger partial charge in [0, 0.05) is 5.69 Å². The molecule has 0 radical (unpaired) electrons. The summed E-state index contributed by atoms with van der Waals surface area (Å²) in [6.07, 6.45) is -1.05. The van der Waals surface area contributed by atoms with E-state index in [1.807, 2.05) is 6.92 Å². The predicted molar refractivity (Wildman–Crippen MR) is 94.2 cm³/mol. The van der Waals surface area contributed by atoms with E-state index in [4.69, 9.17) is 9.47 Å². The minimum atomic E-state index is -2.95. The largest absolute Gasteiger partial charge is 0.494 e. The lowest BCUT2D eigenvalue weighted by Gasteiger charge is -2.14. The number of nitrogens with one attached hydrogen (secondary N) is 1. The van der Waals surface area contributed by atoms with Crippen molar-refractivity contribution in [2.24, 2.45) is 0 Å². The van der Waals surface area contributed by atoms with E-state index in [-0.39, 0.29) is 11.3 Å². The Morgan fingerprint density at radius 3 is 2.15 bits per heavy atom. The van der Waals surface area contributed by atoms with Crippen molar-refractivity contribution in [1.29, 1.82) is 0 Å². The molecule has 2 rings (SSSR count). The zero-order valence-electron chi connectivity index (χ0n) is 14.8. The third kappa shape index (κ3) is 6.25. The van der Waals surface area contributed by atoms with Gasteiger partial charge in [0.15, 0.2) is 6.10 Å². The molecule has 2 aromatic carbocycles. The summed E-state index contributed by atoms with van der Waals surface area (Å²) >= 11 is 0. The van der Waals surface area contributed by atoms with Crippen molar-refractivity contribution in [1.82, 2.24) is 0 Å². The highest BCUT2D eigenvalue weighted by atomic mass is 19.3. The predicted octanol–water partition coefficient (Wildman–Crippen LogP) is 3.87. The third-order valence-corrected chi connectivity index (χ3v) is 3.40. The maximum absolute atomic E-state index is 12.1. The molecule has 1 N–H and O–H groups in total. The molecule has 0 aliphatic carbocycles. The van der Waals surface area contributed by atoms with E-state index < -0.39 is 24.6 Å². The van der Waals surface area contributed by atoms with Gasteiger partial charge in [0.1, 0.15) is 11.5 Å². The lowest BCUT2D eigenvalue weighted by molar-refractivity contribution is -0.123. The Hall–Kier alpha value is -3.16. The monoisotopic (exact) mass is 379 g/mol. The van der Waals surface area contributed by atoms with E-state index in [0.717, 1.165) is 0 Å². The summed E-state index contributed by atoms with van der Waals surface area (Å²) < 4.78 is 38.8. The first-order chi connectivity index (χ1) is 12.9. The molecule has 6 nitrogen and oxygen atoms in total. The first-order valence-corrected chi connectivity index (χ1v) is 8.18. The van der Waals surface area contributed by atoms with Crippen molar-refractivity contribution in [2.45, 2.75) is 26.6 Å². The van der Waals surface area contributed by atoms with Crippen LogP contribution in [0.3, 0.4) is 0 Å². The van der Waals surface area contributed by atoms with Crippen molar-refractivity contribution in [3.63, 3.8) is 0 Å². The SMILES string of the molecule is CCOc1ccc(NC(=O)[C@H](C)OC(=O)c2ccc(OC(F)F)cc2)cc1. The second kappa shape index (κ2) is 9.51. The maximum Gasteiger partial charge on any atom is 0.387 e. The Kier molecular flexibility index (Phi) is 7.10. The van der Waals surface area contributed by atoms with Crippen LogP contribution in [0.4, 0.5) is 14.5 Å². The van der Waals surface area contributed by atoms with Crippen molar-refractivity contribution >= 4 is 17.6 Å². The van der Waals surface area contributed by atoms with Gasteiger partial charge in [0.05, 0.1) is 12.2 Å². The molecule has 0 fully saturated rings. The first kappa shape index (κ1) is 20.2. The number of benzene rings is 2. The lowest BCUT2D eigenvalue weighted by Crippen LogP contribution is -2.30. The summed E-state index contributed by atoms with van der Waals surface area (Å²) in [6.45, 7) is 0.879. The summed E-state index contributed by atoms with van der Waals surface area (Å²) in [5.74, 6) is -0.671. The lowest BCUT2D eigenvalue weighted by atomic mass is 10.2. The minimum absolute atomic E-state index is 0.0807. The average molecular weight is 379 g/mol. The van der Waals surface area contributed by atoms with Gasteiger partial charge in [-0.3, -0.25) is 4.79 Å². The van der Waals surface area contributed by atoms with Gasteiger partial charge in [-0.2, -0.15) is 8.78 Å². The summed E-state index contributed by atoms with van der Waals surface area (Å²) in [5, 5.41) is 2.62. The molecule has 8 heteroatoms. The minimum Gasteiger partial charge on any atom is -0.494 e. The van der Waals surface area contributed by atoms with Crippen LogP contribution in [-0.4, -0.2) is 31.2 Å². The smallest absolute Gasteiger partial charge is 0.387 e. The maximum atomic E-state index is 12.1. The van der Waals surface area contributed by atoms with Crippen molar-refractivity contribution in [3.8, 4) is 11.5 Å². The van der Waals surface area contributed by atoms with Crippen LogP contribution in [0.25, 0.3) is 0 Å². The quantitative estimate of drug-likeness (QED) is 0.705. The van der Waals surface area contributed by atoms with Crippen LogP contribution in [0.1, 0.15) is 24.2 Å². The standard InChI is InChI=1S/C19H19F2NO5/c1-3-25-15-10-6-14(7-11-15)22-17(23)12(2)26-18(24)13-4-8-16(9-5-13)27-19(20)21/h4-12,19H,3H2,1-2H3,(H,22,23)/t12-/m0/s1. The number of carbonyl (C=O) groups is 2. The Labute approximate surface area is 155 Å². The van der Waals surface area contributed by atoms with Crippen LogP contribution < -0.4 is 14.8 Å². The molecule has 0 aromatic heterocycles. The van der Waals surface area contributed by atoms with E-state index in [2.05, 4.69) is 10.1 Å². The van der Waals surface area contributed by atoms with E-state index in [1.165, 1.54) is 31.2 Å². The highest BCUT2D eigenvalue weighted by Gasteiger charge is 2.19.